The molecule has 0 bridgehead atoms. The molecular formula is C24H29Cl4N3O4S. The molecule has 0 unspecified atom stereocenters. The van der Waals surface area contributed by atoms with Crippen molar-refractivity contribution in [1.82, 2.24) is 10.2 Å². The summed E-state index contributed by atoms with van der Waals surface area (Å²) >= 11 is 24.6. The van der Waals surface area contributed by atoms with E-state index in [-0.39, 0.29) is 39.6 Å². The number of rotatable bonds is 9. The minimum atomic E-state index is -3.95. The summed E-state index contributed by atoms with van der Waals surface area (Å²) in [6.07, 6.45) is 1.25. The average molecular weight is 597 g/mol. The van der Waals surface area contributed by atoms with Crippen molar-refractivity contribution in [3.05, 3.63) is 62.1 Å². The second kappa shape index (κ2) is 12.2. The Morgan fingerprint density at radius 1 is 1.00 bits per heavy atom. The van der Waals surface area contributed by atoms with E-state index in [0.717, 1.165) is 10.6 Å². The highest BCUT2D eigenvalue weighted by atomic mass is 35.5. The van der Waals surface area contributed by atoms with Crippen molar-refractivity contribution < 1.29 is 18.0 Å². The van der Waals surface area contributed by atoms with Gasteiger partial charge < -0.3 is 10.2 Å². The van der Waals surface area contributed by atoms with Gasteiger partial charge in [-0.25, -0.2) is 8.42 Å². The third kappa shape index (κ3) is 8.15. The Morgan fingerprint density at radius 3 is 2.17 bits per heavy atom. The predicted octanol–water partition coefficient (Wildman–Crippen LogP) is 5.79. The smallest absolute Gasteiger partial charge is 0.244 e. The van der Waals surface area contributed by atoms with Crippen LogP contribution in [0.15, 0.2) is 36.4 Å². The molecule has 1 atom stereocenters. The minimum Gasteiger partial charge on any atom is -0.350 e. The third-order valence-corrected chi connectivity index (χ3v) is 7.77. The van der Waals surface area contributed by atoms with Crippen LogP contribution in [0.1, 0.15) is 39.7 Å². The first kappa shape index (κ1) is 30.5. The topological polar surface area (TPSA) is 86.8 Å². The molecule has 0 fully saturated rings. The highest BCUT2D eigenvalue weighted by Crippen LogP contribution is 2.34. The fourth-order valence-corrected chi connectivity index (χ4v) is 5.11. The average Bonchev–Trinajstić information content (AvgIpc) is 2.74. The van der Waals surface area contributed by atoms with E-state index in [4.69, 9.17) is 46.4 Å². The molecular weight excluding hydrogens is 568 g/mol. The molecule has 0 aliphatic carbocycles. The Morgan fingerprint density at radius 2 is 1.64 bits per heavy atom. The summed E-state index contributed by atoms with van der Waals surface area (Å²) in [5.41, 5.74) is 0.128. The first-order valence-electron chi connectivity index (χ1n) is 11.0. The first-order chi connectivity index (χ1) is 16.5. The van der Waals surface area contributed by atoms with Crippen molar-refractivity contribution in [3.8, 4) is 0 Å². The number of halogens is 4. The van der Waals surface area contributed by atoms with Gasteiger partial charge in [0.15, 0.2) is 0 Å². The van der Waals surface area contributed by atoms with Gasteiger partial charge in [0.25, 0.3) is 0 Å². The molecule has 0 aromatic heterocycles. The Bertz CT molecular complexity index is 1230. The van der Waals surface area contributed by atoms with E-state index in [9.17, 15) is 18.0 Å². The lowest BCUT2D eigenvalue weighted by Crippen LogP contribution is -2.55. The van der Waals surface area contributed by atoms with E-state index in [1.54, 1.807) is 25.1 Å². The standard InChI is InChI=1S/C24H29Cl4N3O4S/c1-6-19(23(33)29-24(2,3)4)30(13-15-10-11-16(25)18(27)12-15)21(32)14-31(36(5,34)35)20-9-7-8-17(26)22(20)28/h7-12,19H,6,13-14H2,1-5H3,(H,29,33)/t19-/m0/s1. The molecule has 198 valence electrons. The zero-order valence-electron chi connectivity index (χ0n) is 20.6. The number of hydrogen-bond donors (Lipinski definition) is 1. The predicted molar refractivity (Wildman–Crippen MR) is 148 cm³/mol. The van der Waals surface area contributed by atoms with Crippen LogP contribution in [0.4, 0.5) is 5.69 Å². The van der Waals surface area contributed by atoms with E-state index in [1.807, 2.05) is 20.8 Å². The molecule has 2 rings (SSSR count). The molecule has 7 nitrogen and oxygen atoms in total. The van der Waals surface area contributed by atoms with Gasteiger partial charge in [-0.05, 0) is 57.0 Å². The Hall–Kier alpha value is -1.71. The van der Waals surface area contributed by atoms with Gasteiger partial charge in [-0.2, -0.15) is 0 Å². The van der Waals surface area contributed by atoms with Crippen LogP contribution in [0.25, 0.3) is 0 Å². The lowest BCUT2D eigenvalue weighted by Gasteiger charge is -2.34. The van der Waals surface area contributed by atoms with E-state index in [0.29, 0.717) is 10.6 Å². The molecule has 0 radical (unpaired) electrons. The third-order valence-electron chi connectivity index (χ3n) is 5.10. The molecule has 0 saturated heterocycles. The van der Waals surface area contributed by atoms with Crippen LogP contribution >= 0.6 is 46.4 Å². The Kier molecular flexibility index (Phi) is 10.4. The Balaban J connectivity index is 2.53. The van der Waals surface area contributed by atoms with E-state index < -0.39 is 34.1 Å². The second-order valence-corrected chi connectivity index (χ2v) is 12.8. The molecule has 2 aromatic carbocycles. The van der Waals surface area contributed by atoms with Crippen molar-refractivity contribution >= 4 is 73.9 Å². The van der Waals surface area contributed by atoms with Gasteiger partial charge in [-0.1, -0.05) is 65.5 Å². The van der Waals surface area contributed by atoms with Crippen LogP contribution in [0, 0.1) is 0 Å². The largest absolute Gasteiger partial charge is 0.350 e. The number of carbonyl (C=O) groups excluding carboxylic acids is 2. The maximum absolute atomic E-state index is 13.7. The van der Waals surface area contributed by atoms with Crippen molar-refractivity contribution in [2.24, 2.45) is 0 Å². The van der Waals surface area contributed by atoms with Gasteiger partial charge >= 0.3 is 0 Å². The molecule has 0 heterocycles. The van der Waals surface area contributed by atoms with Crippen molar-refractivity contribution in [2.45, 2.75) is 52.2 Å². The number of sulfonamides is 1. The minimum absolute atomic E-state index is 0.00727. The highest BCUT2D eigenvalue weighted by molar-refractivity contribution is 7.92. The van der Waals surface area contributed by atoms with Crippen LogP contribution in [-0.2, 0) is 26.2 Å². The number of hydrogen-bond acceptors (Lipinski definition) is 4. The van der Waals surface area contributed by atoms with Crippen LogP contribution < -0.4 is 9.62 Å². The van der Waals surface area contributed by atoms with E-state index in [1.165, 1.54) is 23.1 Å². The van der Waals surface area contributed by atoms with Gasteiger partial charge in [-0.3, -0.25) is 13.9 Å². The first-order valence-corrected chi connectivity index (χ1v) is 14.4. The quantitative estimate of drug-likeness (QED) is 0.397. The van der Waals surface area contributed by atoms with Crippen LogP contribution in [0.5, 0.6) is 0 Å². The highest BCUT2D eigenvalue weighted by Gasteiger charge is 2.33. The summed E-state index contributed by atoms with van der Waals surface area (Å²) in [5.74, 6) is -0.983. The molecule has 2 amide bonds. The Labute approximate surface area is 232 Å². The second-order valence-electron chi connectivity index (χ2n) is 9.28. The summed E-state index contributed by atoms with van der Waals surface area (Å²) < 4.78 is 26.3. The number of benzene rings is 2. The molecule has 1 N–H and O–H groups in total. The van der Waals surface area contributed by atoms with Crippen molar-refractivity contribution in [1.29, 1.82) is 0 Å². The summed E-state index contributed by atoms with van der Waals surface area (Å²) in [7, 11) is -3.95. The summed E-state index contributed by atoms with van der Waals surface area (Å²) in [4.78, 5) is 28.2. The zero-order valence-corrected chi connectivity index (χ0v) is 24.5. The van der Waals surface area contributed by atoms with E-state index >= 15 is 0 Å². The molecule has 0 aliphatic heterocycles. The van der Waals surface area contributed by atoms with Gasteiger partial charge in [-0.15, -0.1) is 0 Å². The van der Waals surface area contributed by atoms with E-state index in [2.05, 4.69) is 5.32 Å². The number of nitrogens with one attached hydrogen (secondary N) is 1. The lowest BCUT2D eigenvalue weighted by molar-refractivity contribution is -0.141. The SMILES string of the molecule is CC[C@@H](C(=O)NC(C)(C)C)N(Cc1ccc(Cl)c(Cl)c1)C(=O)CN(c1cccc(Cl)c1Cl)S(C)(=O)=O. The maximum Gasteiger partial charge on any atom is 0.244 e. The van der Waals surface area contributed by atoms with Gasteiger partial charge in [0.05, 0.1) is 32.0 Å². The summed E-state index contributed by atoms with van der Waals surface area (Å²) in [6.45, 7) is 6.65. The number of anilines is 1. The van der Waals surface area contributed by atoms with Crippen LogP contribution in [0.3, 0.4) is 0 Å². The van der Waals surface area contributed by atoms with Gasteiger partial charge in [0, 0.05) is 12.1 Å². The fourth-order valence-electron chi connectivity index (χ4n) is 3.49. The van der Waals surface area contributed by atoms with Gasteiger partial charge in [0.1, 0.15) is 12.6 Å². The number of amides is 2. The number of carbonyl (C=O) groups is 2. The molecule has 0 aliphatic rings. The fraction of sp³-hybridized carbons (Fsp3) is 0.417. The maximum atomic E-state index is 13.7. The van der Waals surface area contributed by atoms with Crippen LogP contribution in [-0.4, -0.2) is 49.5 Å². The van der Waals surface area contributed by atoms with Crippen LogP contribution in [0.2, 0.25) is 20.1 Å². The van der Waals surface area contributed by atoms with Crippen molar-refractivity contribution in [2.75, 3.05) is 17.1 Å². The van der Waals surface area contributed by atoms with Gasteiger partial charge in [0.2, 0.25) is 21.8 Å². The zero-order chi connectivity index (χ0) is 27.4. The summed E-state index contributed by atoms with van der Waals surface area (Å²) in [6, 6.07) is 8.48. The molecule has 36 heavy (non-hydrogen) atoms. The summed E-state index contributed by atoms with van der Waals surface area (Å²) in [5, 5.41) is 3.65. The van der Waals surface area contributed by atoms with Crippen molar-refractivity contribution in [3.63, 3.8) is 0 Å². The molecule has 0 saturated carbocycles. The molecule has 2 aromatic rings. The molecule has 12 heteroatoms. The number of nitrogens with zero attached hydrogens (tertiary/aromatic N) is 2. The monoisotopic (exact) mass is 595 g/mol. The lowest BCUT2D eigenvalue weighted by atomic mass is 10.1. The normalized spacial score (nSPS) is 12.7. The molecule has 0 spiro atoms.